The van der Waals surface area contributed by atoms with Crippen LogP contribution in [0.15, 0.2) is 22.9 Å². The van der Waals surface area contributed by atoms with Gasteiger partial charge in [-0.3, -0.25) is 4.57 Å². The number of aromatic nitrogens is 2. The fraction of sp³-hybridized carbons (Fsp3) is 0.529. The van der Waals surface area contributed by atoms with E-state index in [4.69, 9.17) is 5.73 Å². The molecule has 3 N–H and O–H groups in total. The minimum atomic E-state index is -0.506. The van der Waals surface area contributed by atoms with Crippen LogP contribution >= 0.6 is 15.9 Å². The molecule has 2 aliphatic rings. The number of anilines is 1. The van der Waals surface area contributed by atoms with Gasteiger partial charge in [0.2, 0.25) is 0 Å². The smallest absolute Gasteiger partial charge is 0.324 e. The number of carbonyl (C=O) groups is 1. The number of rotatable bonds is 4. The van der Waals surface area contributed by atoms with Gasteiger partial charge < -0.3 is 16.0 Å². The first-order chi connectivity index (χ1) is 11.6. The third kappa shape index (κ3) is 3.02. The average Bonchev–Trinajstić information content (AvgIpc) is 3.30. The van der Waals surface area contributed by atoms with Gasteiger partial charge in [-0.25, -0.2) is 9.78 Å². The molecule has 6 nitrogen and oxygen atoms in total. The van der Waals surface area contributed by atoms with Gasteiger partial charge in [0.1, 0.15) is 5.65 Å². The van der Waals surface area contributed by atoms with Crippen LogP contribution in [0.3, 0.4) is 0 Å². The molecule has 7 heteroatoms. The molecule has 24 heavy (non-hydrogen) atoms. The number of primary amides is 1. The lowest BCUT2D eigenvalue weighted by molar-refractivity contribution is 0.251. The molecule has 3 heterocycles. The Hall–Kier alpha value is -1.60. The van der Waals surface area contributed by atoms with Crippen molar-refractivity contribution >= 4 is 38.7 Å². The second-order valence-corrected chi connectivity index (χ2v) is 7.71. The summed E-state index contributed by atoms with van der Waals surface area (Å²) in [7, 11) is 0. The van der Waals surface area contributed by atoms with Gasteiger partial charge >= 0.3 is 6.03 Å². The van der Waals surface area contributed by atoms with Gasteiger partial charge in [-0.05, 0) is 60.1 Å². The van der Waals surface area contributed by atoms with E-state index in [0.29, 0.717) is 11.7 Å². The summed E-state index contributed by atoms with van der Waals surface area (Å²) in [6, 6.07) is 1.94. The van der Waals surface area contributed by atoms with Crippen molar-refractivity contribution in [3.8, 4) is 0 Å². The first kappa shape index (κ1) is 15.9. The summed E-state index contributed by atoms with van der Waals surface area (Å²) in [6.45, 7) is 3.14. The molecule has 0 bridgehead atoms. The highest BCUT2D eigenvalue weighted by Gasteiger charge is 2.27. The van der Waals surface area contributed by atoms with Gasteiger partial charge in [-0.1, -0.05) is 0 Å². The van der Waals surface area contributed by atoms with E-state index < -0.39 is 6.03 Å². The van der Waals surface area contributed by atoms with Gasteiger partial charge in [0.25, 0.3) is 0 Å². The van der Waals surface area contributed by atoms with E-state index in [-0.39, 0.29) is 0 Å². The van der Waals surface area contributed by atoms with Gasteiger partial charge in [-0.15, -0.1) is 0 Å². The Morgan fingerprint density at radius 3 is 3.00 bits per heavy atom. The summed E-state index contributed by atoms with van der Waals surface area (Å²) in [5, 5.41) is 4.69. The van der Waals surface area contributed by atoms with Crippen molar-refractivity contribution in [3.05, 3.63) is 22.9 Å². The molecule has 2 aromatic rings. The number of hydrogen-bond acceptors (Lipinski definition) is 4. The second kappa shape index (κ2) is 6.37. The number of nitrogens with two attached hydrogens (primary N) is 1. The molecule has 128 valence electrons. The van der Waals surface area contributed by atoms with Crippen LogP contribution in [0.1, 0.15) is 25.7 Å². The van der Waals surface area contributed by atoms with Crippen LogP contribution in [0, 0.1) is 5.92 Å². The SMILES string of the molecule is NC(=O)n1ccc2c(N3CCC[C@@H](NCC4CC4)C3)c(Br)cnc21. The molecule has 1 amide bonds. The highest BCUT2D eigenvalue weighted by molar-refractivity contribution is 9.10. The molecule has 2 fully saturated rings. The Labute approximate surface area is 149 Å². The summed E-state index contributed by atoms with van der Waals surface area (Å²) < 4.78 is 2.36. The number of fused-ring (bicyclic) bond motifs is 1. The first-order valence-electron chi connectivity index (χ1n) is 8.57. The highest BCUT2D eigenvalue weighted by Crippen LogP contribution is 2.35. The van der Waals surface area contributed by atoms with Crippen LogP contribution in [0.2, 0.25) is 0 Å². The van der Waals surface area contributed by atoms with Crippen LogP contribution in [0.4, 0.5) is 10.5 Å². The van der Waals surface area contributed by atoms with E-state index in [0.717, 1.165) is 47.5 Å². The van der Waals surface area contributed by atoms with Gasteiger partial charge in [0, 0.05) is 36.9 Å². The van der Waals surface area contributed by atoms with E-state index in [1.54, 1.807) is 12.4 Å². The molecule has 1 aliphatic heterocycles. The topological polar surface area (TPSA) is 76.2 Å². The number of halogens is 1. The molecule has 1 atom stereocenters. The third-order valence-corrected chi connectivity index (χ3v) is 5.59. The van der Waals surface area contributed by atoms with Crippen LogP contribution in [-0.2, 0) is 0 Å². The van der Waals surface area contributed by atoms with Crippen molar-refractivity contribution in [1.82, 2.24) is 14.9 Å². The number of piperidine rings is 1. The van der Waals surface area contributed by atoms with Crippen LogP contribution < -0.4 is 16.0 Å². The lowest BCUT2D eigenvalue weighted by atomic mass is 10.0. The van der Waals surface area contributed by atoms with E-state index in [2.05, 4.69) is 31.1 Å². The molecule has 1 aliphatic carbocycles. The van der Waals surface area contributed by atoms with E-state index in [1.807, 2.05) is 6.07 Å². The Balaban J connectivity index is 1.62. The maximum atomic E-state index is 11.6. The molecule has 0 unspecified atom stereocenters. The molecular formula is C17H22BrN5O. The van der Waals surface area contributed by atoms with Crippen LogP contribution in [0.5, 0.6) is 0 Å². The number of nitrogens with zero attached hydrogens (tertiary/aromatic N) is 3. The molecule has 0 aromatic carbocycles. The normalized spacial score (nSPS) is 21.4. The summed E-state index contributed by atoms with van der Waals surface area (Å²) in [5.74, 6) is 0.893. The fourth-order valence-corrected chi connectivity index (χ4v) is 4.12. The predicted octanol–water partition coefficient (Wildman–Crippen LogP) is 2.69. The quantitative estimate of drug-likeness (QED) is 0.839. The lowest BCUT2D eigenvalue weighted by Crippen LogP contribution is -2.46. The zero-order chi connectivity index (χ0) is 16.7. The predicted molar refractivity (Wildman–Crippen MR) is 98.4 cm³/mol. The summed E-state index contributed by atoms with van der Waals surface area (Å²) in [5.41, 5.74) is 7.16. The molecular weight excluding hydrogens is 370 g/mol. The molecule has 4 rings (SSSR count). The van der Waals surface area contributed by atoms with Crippen molar-refractivity contribution in [2.45, 2.75) is 31.7 Å². The summed E-state index contributed by atoms with van der Waals surface area (Å²) in [6.07, 6.45) is 8.59. The highest BCUT2D eigenvalue weighted by atomic mass is 79.9. The monoisotopic (exact) mass is 391 g/mol. The molecule has 1 saturated heterocycles. The van der Waals surface area contributed by atoms with E-state index in [9.17, 15) is 4.79 Å². The Kier molecular flexibility index (Phi) is 4.22. The first-order valence-corrected chi connectivity index (χ1v) is 9.36. The van der Waals surface area contributed by atoms with Crippen molar-refractivity contribution in [3.63, 3.8) is 0 Å². The number of nitrogens with one attached hydrogen (secondary N) is 1. The van der Waals surface area contributed by atoms with Gasteiger partial charge in [0.15, 0.2) is 0 Å². The van der Waals surface area contributed by atoms with Gasteiger partial charge in [0.05, 0.1) is 10.2 Å². The van der Waals surface area contributed by atoms with Crippen molar-refractivity contribution in [2.75, 3.05) is 24.5 Å². The number of hydrogen-bond donors (Lipinski definition) is 2. The fourth-order valence-electron chi connectivity index (χ4n) is 3.55. The average molecular weight is 392 g/mol. The van der Waals surface area contributed by atoms with E-state index in [1.165, 1.54) is 23.8 Å². The Morgan fingerprint density at radius 1 is 1.42 bits per heavy atom. The van der Waals surface area contributed by atoms with E-state index >= 15 is 0 Å². The van der Waals surface area contributed by atoms with Crippen molar-refractivity contribution < 1.29 is 4.79 Å². The maximum Gasteiger partial charge on any atom is 0.324 e. The standard InChI is InChI=1S/C17H22BrN5O/c18-14-9-21-16-13(5-7-23(16)17(19)24)15(14)22-6-1-2-12(10-22)20-8-11-3-4-11/h5,7,9,11-12,20H,1-4,6,8,10H2,(H2,19,24)/t12-/m1/s1. The molecule has 2 aromatic heterocycles. The minimum absolute atomic E-state index is 0.506. The minimum Gasteiger partial charge on any atom is -0.368 e. The number of pyridine rings is 1. The van der Waals surface area contributed by atoms with Crippen molar-refractivity contribution in [1.29, 1.82) is 0 Å². The number of amides is 1. The van der Waals surface area contributed by atoms with Crippen LogP contribution in [-0.4, -0.2) is 41.3 Å². The molecule has 0 spiro atoms. The van der Waals surface area contributed by atoms with Gasteiger partial charge in [-0.2, -0.15) is 0 Å². The van der Waals surface area contributed by atoms with Crippen molar-refractivity contribution in [2.24, 2.45) is 11.7 Å². The molecule has 1 saturated carbocycles. The Morgan fingerprint density at radius 2 is 2.25 bits per heavy atom. The second-order valence-electron chi connectivity index (χ2n) is 6.85. The largest absolute Gasteiger partial charge is 0.368 e. The Bertz CT molecular complexity index is 770. The third-order valence-electron chi connectivity index (χ3n) is 5.01. The van der Waals surface area contributed by atoms with Crippen LogP contribution in [0.25, 0.3) is 11.0 Å². The lowest BCUT2D eigenvalue weighted by Gasteiger charge is -2.35. The zero-order valence-electron chi connectivity index (χ0n) is 13.5. The maximum absolute atomic E-state index is 11.6. The molecule has 0 radical (unpaired) electrons. The summed E-state index contributed by atoms with van der Waals surface area (Å²) >= 11 is 3.64. The summed E-state index contributed by atoms with van der Waals surface area (Å²) in [4.78, 5) is 18.3. The zero-order valence-corrected chi connectivity index (χ0v) is 15.1. The number of carbonyl (C=O) groups excluding carboxylic acids is 1.